The molecule has 1 atom stereocenters. The molecule has 0 saturated carbocycles. The van der Waals surface area contributed by atoms with Crippen LogP contribution in [0.2, 0.25) is 0 Å². The highest BCUT2D eigenvalue weighted by Gasteiger charge is 2.14. The van der Waals surface area contributed by atoms with Gasteiger partial charge in [0, 0.05) is 12.7 Å². The van der Waals surface area contributed by atoms with Gasteiger partial charge in [-0.3, -0.25) is 9.59 Å². The normalized spacial score (nSPS) is 11.0. The van der Waals surface area contributed by atoms with E-state index in [1.54, 1.807) is 31.3 Å². The fourth-order valence-corrected chi connectivity index (χ4v) is 2.22. The minimum atomic E-state index is -0.620. The number of carbonyl (C=O) groups is 2. The van der Waals surface area contributed by atoms with Gasteiger partial charge in [0.1, 0.15) is 5.75 Å². The Kier molecular flexibility index (Phi) is 9.19. The van der Waals surface area contributed by atoms with Crippen molar-refractivity contribution in [1.29, 1.82) is 0 Å². The summed E-state index contributed by atoms with van der Waals surface area (Å²) in [6.45, 7) is 0.299. The van der Waals surface area contributed by atoms with E-state index in [9.17, 15) is 9.59 Å². The van der Waals surface area contributed by atoms with Crippen molar-refractivity contribution in [2.75, 3.05) is 19.0 Å². The fraction of sp³-hybridized carbons (Fsp3) is 0.263. The first-order valence-electron chi connectivity index (χ1n) is 8.12. The molecule has 2 aromatic rings. The predicted octanol–water partition coefficient (Wildman–Crippen LogP) is 2.13. The van der Waals surface area contributed by atoms with Gasteiger partial charge in [-0.2, -0.15) is 0 Å². The van der Waals surface area contributed by atoms with Crippen LogP contribution in [0.15, 0.2) is 54.6 Å². The molecule has 0 aliphatic heterocycles. The molecule has 4 N–H and O–H groups in total. The summed E-state index contributed by atoms with van der Waals surface area (Å²) in [7, 11) is 1.59. The zero-order chi connectivity index (χ0) is 18.1. The number of benzene rings is 2. The molecule has 0 aliphatic rings. The Balaban J connectivity index is 0.00000338. The molecular formula is C19H24ClN3O3. The first-order chi connectivity index (χ1) is 12.1. The average molecular weight is 378 g/mol. The lowest BCUT2D eigenvalue weighted by Gasteiger charge is -2.13. The number of hydrogen-bond acceptors (Lipinski definition) is 4. The van der Waals surface area contributed by atoms with Crippen LogP contribution in [0.25, 0.3) is 0 Å². The van der Waals surface area contributed by atoms with Gasteiger partial charge in [-0.1, -0.05) is 30.3 Å². The number of hydrogen-bond donors (Lipinski definition) is 3. The van der Waals surface area contributed by atoms with Crippen LogP contribution in [0.3, 0.4) is 0 Å². The van der Waals surface area contributed by atoms with E-state index in [1.165, 1.54) is 0 Å². The summed E-state index contributed by atoms with van der Waals surface area (Å²) < 4.78 is 5.47. The maximum atomic E-state index is 12.2. The number of ether oxygens (including phenoxy) is 1. The summed E-state index contributed by atoms with van der Waals surface area (Å²) in [5.41, 5.74) is 7.62. The Morgan fingerprint density at radius 2 is 1.73 bits per heavy atom. The summed E-state index contributed by atoms with van der Waals surface area (Å²) in [4.78, 5) is 23.3. The number of amides is 2. The molecular weight excluding hydrogens is 354 g/mol. The van der Waals surface area contributed by atoms with E-state index in [0.717, 1.165) is 5.56 Å². The van der Waals surface area contributed by atoms with Crippen LogP contribution in [0.5, 0.6) is 5.75 Å². The molecule has 6 nitrogen and oxygen atoms in total. The van der Waals surface area contributed by atoms with Gasteiger partial charge in [-0.15, -0.1) is 12.4 Å². The first kappa shape index (κ1) is 21.5. The number of nitrogens with one attached hydrogen (secondary N) is 2. The van der Waals surface area contributed by atoms with Crippen molar-refractivity contribution in [2.45, 2.75) is 18.9 Å². The molecule has 0 heterocycles. The van der Waals surface area contributed by atoms with E-state index in [2.05, 4.69) is 10.6 Å². The van der Waals surface area contributed by atoms with Crippen molar-refractivity contribution in [3.8, 4) is 5.75 Å². The second-order valence-electron chi connectivity index (χ2n) is 5.58. The fourth-order valence-electron chi connectivity index (χ4n) is 2.22. The zero-order valence-corrected chi connectivity index (χ0v) is 15.4. The minimum Gasteiger partial charge on any atom is -0.493 e. The van der Waals surface area contributed by atoms with Gasteiger partial charge in [0.2, 0.25) is 11.8 Å². The molecule has 0 aliphatic carbocycles. The smallest absolute Gasteiger partial charge is 0.241 e. The van der Waals surface area contributed by atoms with Gasteiger partial charge in [0.05, 0.1) is 19.1 Å². The highest BCUT2D eigenvalue weighted by atomic mass is 35.5. The minimum absolute atomic E-state index is 0. The number of carbonyl (C=O) groups excluding carboxylic acids is 2. The van der Waals surface area contributed by atoms with Crippen LogP contribution in [0.1, 0.15) is 12.0 Å². The Hall–Kier alpha value is -2.57. The molecule has 0 aromatic heterocycles. The van der Waals surface area contributed by atoms with Gasteiger partial charge in [-0.25, -0.2) is 0 Å². The summed E-state index contributed by atoms with van der Waals surface area (Å²) in [5.74, 6) is 0.323. The van der Waals surface area contributed by atoms with Crippen molar-refractivity contribution in [2.24, 2.45) is 5.73 Å². The Bertz CT molecular complexity index is 693. The van der Waals surface area contributed by atoms with Crippen LogP contribution < -0.4 is 21.1 Å². The standard InChI is InChI=1S/C19H23N3O3.ClH/c1-21-18(23)11-12-25-16-9-7-15(8-10-16)22-19(24)17(20)13-14-5-3-2-4-6-14;/h2-10,17H,11-13,20H2,1H3,(H,21,23)(H,22,24);1H/t17-;/m0./s1. The molecule has 2 rings (SSSR count). The predicted molar refractivity (Wildman–Crippen MR) is 105 cm³/mol. The molecule has 0 saturated heterocycles. The van der Waals surface area contributed by atoms with Gasteiger partial charge in [-0.05, 0) is 36.2 Å². The molecule has 140 valence electrons. The summed E-state index contributed by atoms with van der Waals surface area (Å²) in [5, 5.41) is 5.32. The maximum Gasteiger partial charge on any atom is 0.241 e. The molecule has 0 spiro atoms. The molecule has 0 unspecified atom stereocenters. The highest BCUT2D eigenvalue weighted by molar-refractivity contribution is 5.94. The van der Waals surface area contributed by atoms with Crippen LogP contribution in [-0.2, 0) is 16.0 Å². The van der Waals surface area contributed by atoms with Crippen molar-refractivity contribution >= 4 is 29.9 Å². The molecule has 0 fully saturated rings. The van der Waals surface area contributed by atoms with Gasteiger partial charge in [0.15, 0.2) is 0 Å². The second-order valence-corrected chi connectivity index (χ2v) is 5.58. The average Bonchev–Trinajstić information content (AvgIpc) is 2.63. The topological polar surface area (TPSA) is 93.5 Å². The van der Waals surface area contributed by atoms with Crippen LogP contribution >= 0.6 is 12.4 Å². The van der Waals surface area contributed by atoms with Crippen LogP contribution in [-0.4, -0.2) is 31.5 Å². The van der Waals surface area contributed by atoms with E-state index in [0.29, 0.717) is 30.9 Å². The monoisotopic (exact) mass is 377 g/mol. The number of rotatable bonds is 8. The third-order valence-electron chi connectivity index (χ3n) is 3.63. The Morgan fingerprint density at radius 3 is 2.35 bits per heavy atom. The van der Waals surface area contributed by atoms with Gasteiger partial charge < -0.3 is 21.1 Å². The maximum absolute atomic E-state index is 12.2. The number of halogens is 1. The Labute approximate surface area is 159 Å². The van der Waals surface area contributed by atoms with E-state index in [4.69, 9.17) is 10.5 Å². The SMILES string of the molecule is CNC(=O)CCOc1ccc(NC(=O)[C@@H](N)Cc2ccccc2)cc1.Cl. The highest BCUT2D eigenvalue weighted by Crippen LogP contribution is 2.16. The van der Waals surface area contributed by atoms with Crippen molar-refractivity contribution in [1.82, 2.24) is 5.32 Å². The quantitative estimate of drug-likeness (QED) is 0.657. The van der Waals surface area contributed by atoms with Gasteiger partial charge >= 0.3 is 0 Å². The summed E-state index contributed by atoms with van der Waals surface area (Å²) in [6.07, 6.45) is 0.774. The molecule has 0 radical (unpaired) electrons. The second kappa shape index (κ2) is 11.1. The van der Waals surface area contributed by atoms with Crippen LogP contribution in [0, 0.1) is 0 Å². The van der Waals surface area contributed by atoms with Crippen LogP contribution in [0.4, 0.5) is 5.69 Å². The van der Waals surface area contributed by atoms with E-state index in [1.807, 2.05) is 30.3 Å². The van der Waals surface area contributed by atoms with E-state index >= 15 is 0 Å². The summed E-state index contributed by atoms with van der Waals surface area (Å²) >= 11 is 0. The Morgan fingerprint density at radius 1 is 1.08 bits per heavy atom. The largest absolute Gasteiger partial charge is 0.493 e. The van der Waals surface area contributed by atoms with Crippen molar-refractivity contribution in [3.05, 3.63) is 60.2 Å². The van der Waals surface area contributed by atoms with Crippen molar-refractivity contribution in [3.63, 3.8) is 0 Å². The molecule has 7 heteroatoms. The van der Waals surface area contributed by atoms with E-state index in [-0.39, 0.29) is 24.2 Å². The number of anilines is 1. The third kappa shape index (κ3) is 7.13. The number of nitrogens with two attached hydrogens (primary N) is 1. The van der Waals surface area contributed by atoms with E-state index < -0.39 is 6.04 Å². The summed E-state index contributed by atoms with van der Waals surface area (Å²) in [6, 6.07) is 16.0. The molecule has 2 amide bonds. The lowest BCUT2D eigenvalue weighted by Crippen LogP contribution is -2.37. The zero-order valence-electron chi connectivity index (χ0n) is 14.6. The van der Waals surface area contributed by atoms with Crippen molar-refractivity contribution < 1.29 is 14.3 Å². The lowest BCUT2D eigenvalue weighted by molar-refractivity contribution is -0.121. The molecule has 2 aromatic carbocycles. The lowest BCUT2D eigenvalue weighted by atomic mass is 10.1. The molecule has 26 heavy (non-hydrogen) atoms. The molecule has 0 bridgehead atoms. The first-order valence-corrected chi connectivity index (χ1v) is 8.12. The van der Waals surface area contributed by atoms with Gasteiger partial charge in [0.25, 0.3) is 0 Å². The third-order valence-corrected chi connectivity index (χ3v) is 3.63.